The topological polar surface area (TPSA) is 26.3 Å². The molecule has 0 bridgehead atoms. The number of hydrogen-bond acceptors (Lipinski definition) is 2. The van der Waals surface area contributed by atoms with E-state index >= 15 is 0 Å². The predicted octanol–water partition coefficient (Wildman–Crippen LogP) is 1.54. The Morgan fingerprint density at radius 2 is 2.00 bits per heavy atom. The molecule has 0 aliphatic carbocycles. The lowest BCUT2D eigenvalue weighted by atomic mass is 10.4. The molecule has 0 saturated carbocycles. The Labute approximate surface area is 62.3 Å². The fourth-order valence-corrected chi connectivity index (χ4v) is 0.385. The highest BCUT2D eigenvalue weighted by Gasteiger charge is 2.28. The molecule has 0 amide bonds. The third-order valence-electron chi connectivity index (χ3n) is 0.895. The van der Waals surface area contributed by atoms with E-state index in [0.29, 0.717) is 6.42 Å². The molecule has 5 heteroatoms. The minimum absolute atomic E-state index is 0.0219. The lowest BCUT2D eigenvalue weighted by molar-refractivity contribution is -0.155. The number of hydrogen-bond donors (Lipinski definition) is 0. The molecule has 0 N–H and O–H groups in total. The third-order valence-corrected chi connectivity index (χ3v) is 0.895. The molecule has 0 aromatic carbocycles. The SMILES string of the molecule is CCCOC(=O)C(F)C(F)F. The van der Waals surface area contributed by atoms with Crippen LogP contribution in [-0.4, -0.2) is 25.2 Å². The quantitative estimate of drug-likeness (QED) is 0.598. The van der Waals surface area contributed by atoms with Crippen LogP contribution in [0.5, 0.6) is 0 Å². The second-order valence-electron chi connectivity index (χ2n) is 1.90. The van der Waals surface area contributed by atoms with Crippen molar-refractivity contribution in [3.63, 3.8) is 0 Å². The van der Waals surface area contributed by atoms with Gasteiger partial charge in [0.15, 0.2) is 0 Å². The lowest BCUT2D eigenvalue weighted by Crippen LogP contribution is -2.26. The zero-order chi connectivity index (χ0) is 8.85. The standard InChI is InChI=1S/C6H9F3O2/c1-2-3-11-6(10)4(7)5(8)9/h4-5H,2-3H2,1H3. The van der Waals surface area contributed by atoms with Crippen LogP contribution in [0.4, 0.5) is 13.2 Å². The summed E-state index contributed by atoms with van der Waals surface area (Å²) in [5.74, 6) is -1.48. The van der Waals surface area contributed by atoms with Gasteiger partial charge >= 0.3 is 5.97 Å². The third kappa shape index (κ3) is 3.85. The van der Waals surface area contributed by atoms with Crippen LogP contribution >= 0.6 is 0 Å². The second-order valence-corrected chi connectivity index (χ2v) is 1.90. The Hall–Kier alpha value is -0.740. The molecule has 66 valence electrons. The minimum Gasteiger partial charge on any atom is -0.463 e. The highest BCUT2D eigenvalue weighted by molar-refractivity contribution is 5.74. The van der Waals surface area contributed by atoms with E-state index in [1.54, 1.807) is 6.92 Å². The van der Waals surface area contributed by atoms with Crippen molar-refractivity contribution in [1.29, 1.82) is 0 Å². The van der Waals surface area contributed by atoms with Gasteiger partial charge in [0.05, 0.1) is 6.61 Å². The van der Waals surface area contributed by atoms with Crippen molar-refractivity contribution in [3.05, 3.63) is 0 Å². The summed E-state index contributed by atoms with van der Waals surface area (Å²) >= 11 is 0. The number of carbonyl (C=O) groups excluding carboxylic acids is 1. The minimum atomic E-state index is -3.29. The van der Waals surface area contributed by atoms with Crippen molar-refractivity contribution in [2.45, 2.75) is 25.9 Å². The maximum absolute atomic E-state index is 12.0. The first-order valence-corrected chi connectivity index (χ1v) is 3.18. The van der Waals surface area contributed by atoms with E-state index in [-0.39, 0.29) is 6.61 Å². The number of rotatable bonds is 4. The summed E-state index contributed by atoms with van der Waals surface area (Å²) in [6, 6.07) is 0. The zero-order valence-electron chi connectivity index (χ0n) is 6.02. The fraction of sp³-hybridized carbons (Fsp3) is 0.833. The van der Waals surface area contributed by atoms with Crippen molar-refractivity contribution in [1.82, 2.24) is 0 Å². The van der Waals surface area contributed by atoms with E-state index in [2.05, 4.69) is 4.74 Å². The van der Waals surface area contributed by atoms with Crippen molar-refractivity contribution in [3.8, 4) is 0 Å². The molecular formula is C6H9F3O2. The molecule has 1 atom stereocenters. The lowest BCUT2D eigenvalue weighted by Gasteiger charge is -2.05. The number of ether oxygens (including phenoxy) is 1. The molecule has 0 radical (unpaired) electrons. The van der Waals surface area contributed by atoms with Gasteiger partial charge in [0, 0.05) is 0 Å². The van der Waals surface area contributed by atoms with Crippen LogP contribution < -0.4 is 0 Å². The van der Waals surface area contributed by atoms with Crippen LogP contribution in [0.2, 0.25) is 0 Å². The summed E-state index contributed by atoms with van der Waals surface area (Å²) in [6.45, 7) is 1.66. The number of esters is 1. The molecule has 0 rings (SSSR count). The highest BCUT2D eigenvalue weighted by atomic mass is 19.3. The van der Waals surface area contributed by atoms with Crippen LogP contribution in [0, 0.1) is 0 Å². The van der Waals surface area contributed by atoms with E-state index in [1.165, 1.54) is 0 Å². The van der Waals surface area contributed by atoms with Crippen LogP contribution in [0.25, 0.3) is 0 Å². The van der Waals surface area contributed by atoms with Crippen LogP contribution in [0.3, 0.4) is 0 Å². The first-order valence-electron chi connectivity index (χ1n) is 3.18. The first kappa shape index (κ1) is 10.3. The van der Waals surface area contributed by atoms with E-state index in [1.807, 2.05) is 0 Å². The molecule has 11 heavy (non-hydrogen) atoms. The van der Waals surface area contributed by atoms with E-state index < -0.39 is 18.6 Å². The van der Waals surface area contributed by atoms with Crippen LogP contribution in [0.1, 0.15) is 13.3 Å². The maximum atomic E-state index is 12.0. The molecule has 0 heterocycles. The van der Waals surface area contributed by atoms with Gasteiger partial charge < -0.3 is 4.74 Å². The average molecular weight is 170 g/mol. The Morgan fingerprint density at radius 1 is 1.45 bits per heavy atom. The van der Waals surface area contributed by atoms with Gasteiger partial charge in [-0.15, -0.1) is 0 Å². The number of halogens is 3. The van der Waals surface area contributed by atoms with E-state index in [4.69, 9.17) is 0 Å². The van der Waals surface area contributed by atoms with E-state index in [9.17, 15) is 18.0 Å². The average Bonchev–Trinajstić information content (AvgIpc) is 1.98. The van der Waals surface area contributed by atoms with Gasteiger partial charge in [-0.1, -0.05) is 6.92 Å². The molecule has 1 unspecified atom stereocenters. The monoisotopic (exact) mass is 170 g/mol. The van der Waals surface area contributed by atoms with Crippen molar-refractivity contribution in [2.75, 3.05) is 6.61 Å². The molecule has 0 aromatic rings. The normalized spacial score (nSPS) is 13.2. The summed E-state index contributed by atoms with van der Waals surface area (Å²) in [4.78, 5) is 10.3. The van der Waals surface area contributed by atoms with Gasteiger partial charge in [-0.3, -0.25) is 0 Å². The number of alkyl halides is 3. The van der Waals surface area contributed by atoms with Gasteiger partial charge in [-0.25, -0.2) is 18.0 Å². The van der Waals surface area contributed by atoms with Gasteiger partial charge in [-0.05, 0) is 6.42 Å². The van der Waals surface area contributed by atoms with Crippen molar-refractivity contribution >= 4 is 5.97 Å². The summed E-state index contributed by atoms with van der Waals surface area (Å²) in [6.07, 6.45) is -5.61. The van der Waals surface area contributed by atoms with Gasteiger partial charge in [0.1, 0.15) is 0 Å². The van der Waals surface area contributed by atoms with Gasteiger partial charge in [0.25, 0.3) is 12.6 Å². The largest absolute Gasteiger partial charge is 0.463 e. The summed E-state index contributed by atoms with van der Waals surface area (Å²) < 4.78 is 39.0. The molecule has 0 saturated heterocycles. The molecule has 0 aliphatic rings. The Morgan fingerprint density at radius 3 is 2.36 bits per heavy atom. The number of carbonyl (C=O) groups is 1. The zero-order valence-corrected chi connectivity index (χ0v) is 6.02. The van der Waals surface area contributed by atoms with Crippen LogP contribution in [0.15, 0.2) is 0 Å². The molecule has 0 aromatic heterocycles. The van der Waals surface area contributed by atoms with Crippen molar-refractivity contribution in [2.24, 2.45) is 0 Å². The van der Waals surface area contributed by atoms with Gasteiger partial charge in [0.2, 0.25) is 0 Å². The van der Waals surface area contributed by atoms with Crippen LogP contribution in [-0.2, 0) is 9.53 Å². The first-order chi connectivity index (χ1) is 5.09. The van der Waals surface area contributed by atoms with Crippen molar-refractivity contribution < 1.29 is 22.7 Å². The Balaban J connectivity index is 3.64. The summed E-state index contributed by atoms with van der Waals surface area (Å²) in [7, 11) is 0. The Bertz CT molecular complexity index is 127. The predicted molar refractivity (Wildman–Crippen MR) is 32.1 cm³/mol. The Kier molecular flexibility index (Phi) is 4.65. The molecule has 2 nitrogen and oxygen atoms in total. The van der Waals surface area contributed by atoms with Gasteiger partial charge in [-0.2, -0.15) is 0 Å². The smallest absolute Gasteiger partial charge is 0.346 e. The maximum Gasteiger partial charge on any atom is 0.346 e. The highest BCUT2D eigenvalue weighted by Crippen LogP contribution is 2.06. The molecule has 0 fully saturated rings. The molecular weight excluding hydrogens is 161 g/mol. The molecule has 0 spiro atoms. The van der Waals surface area contributed by atoms with E-state index in [0.717, 1.165) is 0 Å². The summed E-state index contributed by atoms with van der Waals surface area (Å²) in [5.41, 5.74) is 0. The second kappa shape index (κ2) is 4.98. The summed E-state index contributed by atoms with van der Waals surface area (Å²) in [5, 5.41) is 0. The fourth-order valence-electron chi connectivity index (χ4n) is 0.385. The molecule has 0 aliphatic heterocycles.